The van der Waals surface area contributed by atoms with E-state index in [4.69, 9.17) is 0 Å². The summed E-state index contributed by atoms with van der Waals surface area (Å²) < 4.78 is 0. The van der Waals surface area contributed by atoms with Crippen molar-refractivity contribution in [1.29, 1.82) is 0 Å². The van der Waals surface area contributed by atoms with Gasteiger partial charge in [-0.3, -0.25) is 0 Å². The van der Waals surface area contributed by atoms with Crippen molar-refractivity contribution in [2.24, 2.45) is 11.8 Å². The molecule has 1 N–H and O–H groups in total. The summed E-state index contributed by atoms with van der Waals surface area (Å²) in [5.41, 5.74) is 1.57. The van der Waals surface area contributed by atoms with Crippen molar-refractivity contribution in [1.82, 2.24) is 5.32 Å². The van der Waals surface area contributed by atoms with E-state index in [-0.39, 0.29) is 0 Å². The van der Waals surface area contributed by atoms with Gasteiger partial charge in [-0.05, 0) is 49.2 Å². The first-order valence-electron chi connectivity index (χ1n) is 6.21. The molecule has 0 radical (unpaired) electrons. The van der Waals surface area contributed by atoms with Crippen LogP contribution in [0.3, 0.4) is 0 Å². The van der Waals surface area contributed by atoms with Crippen LogP contribution in [0, 0.1) is 11.8 Å². The molecule has 0 spiro atoms. The molecule has 3 unspecified atom stereocenters. The summed E-state index contributed by atoms with van der Waals surface area (Å²) in [4.78, 5) is 0. The molecular weight excluding hydrogens is 182 g/mol. The second-order valence-electron chi connectivity index (χ2n) is 5.03. The molecular formula is C14H19N. The molecule has 15 heavy (non-hydrogen) atoms. The molecule has 1 saturated heterocycles. The van der Waals surface area contributed by atoms with Crippen molar-refractivity contribution in [2.75, 3.05) is 13.1 Å². The molecule has 1 aliphatic heterocycles. The Bertz CT molecular complexity index is 319. The van der Waals surface area contributed by atoms with Gasteiger partial charge in [0.15, 0.2) is 0 Å². The zero-order valence-electron chi connectivity index (χ0n) is 9.15. The minimum absolute atomic E-state index is 0.819. The quantitative estimate of drug-likeness (QED) is 0.736. The fourth-order valence-electron chi connectivity index (χ4n) is 3.47. The molecule has 80 valence electrons. The predicted molar refractivity (Wildman–Crippen MR) is 62.9 cm³/mol. The van der Waals surface area contributed by atoms with Crippen LogP contribution >= 0.6 is 0 Å². The number of nitrogens with one attached hydrogen (secondary N) is 1. The van der Waals surface area contributed by atoms with Crippen molar-refractivity contribution >= 4 is 0 Å². The first-order valence-corrected chi connectivity index (χ1v) is 6.21. The maximum atomic E-state index is 3.56. The second kappa shape index (κ2) is 3.97. The average Bonchev–Trinajstić information content (AvgIpc) is 2.78. The Hall–Kier alpha value is -0.820. The molecule has 0 bridgehead atoms. The summed E-state index contributed by atoms with van der Waals surface area (Å²) in [5, 5.41) is 3.56. The van der Waals surface area contributed by atoms with Crippen LogP contribution in [0.15, 0.2) is 30.3 Å². The summed E-state index contributed by atoms with van der Waals surface area (Å²) >= 11 is 0. The SMILES string of the molecule is c1ccc(C2CCCC3CNCC32)cc1. The van der Waals surface area contributed by atoms with Crippen LogP contribution in [0.4, 0.5) is 0 Å². The molecule has 1 heterocycles. The molecule has 2 fully saturated rings. The minimum atomic E-state index is 0.819. The third-order valence-electron chi connectivity index (χ3n) is 4.23. The van der Waals surface area contributed by atoms with Crippen LogP contribution in [0.5, 0.6) is 0 Å². The molecule has 0 aromatic heterocycles. The average molecular weight is 201 g/mol. The lowest BCUT2D eigenvalue weighted by molar-refractivity contribution is 0.258. The highest BCUT2D eigenvalue weighted by Crippen LogP contribution is 2.42. The van der Waals surface area contributed by atoms with Crippen molar-refractivity contribution in [3.05, 3.63) is 35.9 Å². The Balaban J connectivity index is 1.85. The van der Waals surface area contributed by atoms with E-state index < -0.39 is 0 Å². The Kier molecular flexibility index (Phi) is 2.49. The van der Waals surface area contributed by atoms with Gasteiger partial charge in [0.1, 0.15) is 0 Å². The number of fused-ring (bicyclic) bond motifs is 1. The molecule has 1 aromatic carbocycles. The molecule has 3 atom stereocenters. The Morgan fingerprint density at radius 3 is 2.73 bits per heavy atom. The first-order chi connectivity index (χ1) is 7.45. The Morgan fingerprint density at radius 1 is 1.00 bits per heavy atom. The van der Waals surface area contributed by atoms with Gasteiger partial charge in [0, 0.05) is 0 Å². The smallest absolute Gasteiger partial charge is 0.00114 e. The van der Waals surface area contributed by atoms with Gasteiger partial charge < -0.3 is 5.32 Å². The maximum Gasteiger partial charge on any atom is -0.00114 e. The Labute approximate surface area is 91.9 Å². The highest BCUT2D eigenvalue weighted by molar-refractivity contribution is 5.22. The highest BCUT2D eigenvalue weighted by Gasteiger charge is 2.36. The molecule has 2 aliphatic rings. The fraction of sp³-hybridized carbons (Fsp3) is 0.571. The summed E-state index contributed by atoms with van der Waals surface area (Å²) in [6.07, 6.45) is 4.26. The number of hydrogen-bond acceptors (Lipinski definition) is 1. The lowest BCUT2D eigenvalue weighted by Crippen LogP contribution is -2.25. The summed E-state index contributed by atoms with van der Waals surface area (Å²) in [6.45, 7) is 2.50. The molecule has 3 rings (SSSR count). The van der Waals surface area contributed by atoms with Gasteiger partial charge in [0.2, 0.25) is 0 Å². The van der Waals surface area contributed by atoms with Gasteiger partial charge in [-0.1, -0.05) is 36.8 Å². The van der Waals surface area contributed by atoms with Crippen molar-refractivity contribution < 1.29 is 0 Å². The van der Waals surface area contributed by atoms with Crippen LogP contribution in [-0.2, 0) is 0 Å². The largest absolute Gasteiger partial charge is 0.316 e. The van der Waals surface area contributed by atoms with Crippen molar-refractivity contribution in [3.63, 3.8) is 0 Å². The van der Waals surface area contributed by atoms with E-state index in [0.717, 1.165) is 17.8 Å². The van der Waals surface area contributed by atoms with E-state index >= 15 is 0 Å². The number of rotatable bonds is 1. The molecule has 1 aliphatic carbocycles. The van der Waals surface area contributed by atoms with Crippen molar-refractivity contribution in [3.8, 4) is 0 Å². The zero-order chi connectivity index (χ0) is 10.1. The molecule has 1 heteroatoms. The van der Waals surface area contributed by atoms with Gasteiger partial charge in [-0.2, -0.15) is 0 Å². The van der Waals surface area contributed by atoms with E-state index in [1.54, 1.807) is 5.56 Å². The maximum absolute atomic E-state index is 3.56. The van der Waals surface area contributed by atoms with Crippen LogP contribution in [0.2, 0.25) is 0 Å². The molecule has 0 amide bonds. The third kappa shape index (κ3) is 1.69. The third-order valence-corrected chi connectivity index (χ3v) is 4.23. The Morgan fingerprint density at radius 2 is 1.87 bits per heavy atom. The number of hydrogen-bond donors (Lipinski definition) is 1. The topological polar surface area (TPSA) is 12.0 Å². The number of benzene rings is 1. The van der Waals surface area contributed by atoms with Crippen molar-refractivity contribution in [2.45, 2.75) is 25.2 Å². The van der Waals surface area contributed by atoms with Crippen LogP contribution < -0.4 is 5.32 Å². The zero-order valence-corrected chi connectivity index (χ0v) is 9.15. The van der Waals surface area contributed by atoms with Gasteiger partial charge >= 0.3 is 0 Å². The van der Waals surface area contributed by atoms with Crippen LogP contribution in [0.1, 0.15) is 30.7 Å². The van der Waals surface area contributed by atoms with E-state index in [0.29, 0.717) is 0 Å². The summed E-state index contributed by atoms with van der Waals surface area (Å²) in [6, 6.07) is 11.1. The lowest BCUT2D eigenvalue weighted by Gasteiger charge is -2.33. The highest BCUT2D eigenvalue weighted by atomic mass is 14.9. The standard InChI is InChI=1S/C14H19N/c1-2-5-11(6-3-1)13-8-4-7-12-9-15-10-14(12)13/h1-3,5-6,12-15H,4,7-10H2. The molecule has 1 aromatic rings. The lowest BCUT2D eigenvalue weighted by atomic mass is 9.71. The normalized spacial score (nSPS) is 35.1. The van der Waals surface area contributed by atoms with E-state index in [1.165, 1.54) is 32.4 Å². The van der Waals surface area contributed by atoms with E-state index in [1.807, 2.05) is 0 Å². The van der Waals surface area contributed by atoms with Gasteiger partial charge in [-0.15, -0.1) is 0 Å². The van der Waals surface area contributed by atoms with E-state index in [9.17, 15) is 0 Å². The summed E-state index contributed by atoms with van der Waals surface area (Å²) in [5.74, 6) is 2.67. The van der Waals surface area contributed by atoms with Crippen LogP contribution in [-0.4, -0.2) is 13.1 Å². The monoisotopic (exact) mass is 201 g/mol. The van der Waals surface area contributed by atoms with E-state index in [2.05, 4.69) is 35.6 Å². The van der Waals surface area contributed by atoms with Crippen LogP contribution in [0.25, 0.3) is 0 Å². The molecule has 1 nitrogen and oxygen atoms in total. The van der Waals surface area contributed by atoms with Gasteiger partial charge in [-0.25, -0.2) is 0 Å². The summed E-state index contributed by atoms with van der Waals surface area (Å²) in [7, 11) is 0. The van der Waals surface area contributed by atoms with Gasteiger partial charge in [0.25, 0.3) is 0 Å². The molecule has 1 saturated carbocycles. The second-order valence-corrected chi connectivity index (χ2v) is 5.03. The minimum Gasteiger partial charge on any atom is -0.316 e. The fourth-order valence-corrected chi connectivity index (χ4v) is 3.47. The van der Waals surface area contributed by atoms with Gasteiger partial charge in [0.05, 0.1) is 0 Å². The first kappa shape index (κ1) is 9.41. The predicted octanol–water partition coefficient (Wildman–Crippen LogP) is 2.79.